The van der Waals surface area contributed by atoms with Crippen molar-refractivity contribution < 1.29 is 22.6 Å². The van der Waals surface area contributed by atoms with Crippen molar-refractivity contribution in [3.05, 3.63) is 23.4 Å². The predicted octanol–water partition coefficient (Wildman–Crippen LogP) is 4.49. The van der Waals surface area contributed by atoms with Gasteiger partial charge in [0.05, 0.1) is 0 Å². The number of hydrogen-bond acceptors (Lipinski definition) is 7. The lowest BCUT2D eigenvalue weighted by atomic mass is 9.79. The highest BCUT2D eigenvalue weighted by atomic mass is 19.3. The molecule has 2 amide bonds. The SMILES string of the molecule is CC(C)c1nc([C@H]2CCCC(F)(F)[C@@H]2NC(=O)N2CCC(C)(c3noc(C4CC4)n3)CC2)no1. The number of likely N-dealkylation sites (tertiary alicyclic amines) is 1. The van der Waals surface area contributed by atoms with Gasteiger partial charge in [0.15, 0.2) is 11.6 Å². The standard InChI is InChI=1S/C23H32F2N6O3/c1-13(2)18-27-17(29-33-18)15-5-4-8-23(24,25)16(15)26-21(32)31-11-9-22(3,10-12-31)20-28-19(34-30-20)14-6-7-14/h13-16H,4-12H2,1-3H3,(H,26,32)/t15-,16+/m0/s1. The van der Waals surface area contributed by atoms with Gasteiger partial charge in [-0.15, -0.1) is 0 Å². The molecule has 5 rings (SSSR count). The van der Waals surface area contributed by atoms with Crippen LogP contribution in [0.3, 0.4) is 0 Å². The highest BCUT2D eigenvalue weighted by Gasteiger charge is 2.50. The lowest BCUT2D eigenvalue weighted by Crippen LogP contribution is -2.58. The van der Waals surface area contributed by atoms with E-state index in [4.69, 9.17) is 9.05 Å². The first kappa shape index (κ1) is 23.2. The van der Waals surface area contributed by atoms with Crippen molar-refractivity contribution in [3.8, 4) is 0 Å². The zero-order valence-corrected chi connectivity index (χ0v) is 19.9. The molecule has 3 aliphatic rings. The van der Waals surface area contributed by atoms with Crippen LogP contribution in [0, 0.1) is 0 Å². The van der Waals surface area contributed by atoms with Crippen molar-refractivity contribution in [2.45, 2.75) is 101 Å². The zero-order chi connectivity index (χ0) is 24.1. The first-order chi connectivity index (χ1) is 16.2. The molecule has 1 saturated heterocycles. The lowest BCUT2D eigenvalue weighted by Gasteiger charge is -2.41. The molecular formula is C23H32F2N6O3. The molecule has 1 aliphatic heterocycles. The Balaban J connectivity index is 1.25. The van der Waals surface area contributed by atoms with Crippen molar-refractivity contribution in [2.24, 2.45) is 0 Å². The quantitative estimate of drug-likeness (QED) is 0.674. The van der Waals surface area contributed by atoms with Gasteiger partial charge in [-0.05, 0) is 38.5 Å². The van der Waals surface area contributed by atoms with Crippen LogP contribution in [0.2, 0.25) is 0 Å². The second-order valence-electron chi connectivity index (χ2n) is 10.6. The van der Waals surface area contributed by atoms with E-state index in [2.05, 4.69) is 32.5 Å². The Labute approximate surface area is 197 Å². The summed E-state index contributed by atoms with van der Waals surface area (Å²) in [6.45, 7) is 6.73. The molecule has 186 valence electrons. The number of amides is 2. The third-order valence-corrected chi connectivity index (χ3v) is 7.51. The first-order valence-electron chi connectivity index (χ1n) is 12.3. The predicted molar refractivity (Wildman–Crippen MR) is 117 cm³/mol. The zero-order valence-electron chi connectivity index (χ0n) is 19.9. The van der Waals surface area contributed by atoms with Crippen molar-refractivity contribution in [1.82, 2.24) is 30.5 Å². The molecule has 3 heterocycles. The maximum Gasteiger partial charge on any atom is 0.317 e. The second kappa shape index (κ2) is 8.57. The molecule has 9 nitrogen and oxygen atoms in total. The number of halogens is 2. The Morgan fingerprint density at radius 2 is 1.82 bits per heavy atom. The van der Waals surface area contributed by atoms with Crippen LogP contribution >= 0.6 is 0 Å². The molecule has 1 N–H and O–H groups in total. The summed E-state index contributed by atoms with van der Waals surface area (Å²) in [5.41, 5.74) is -0.303. The van der Waals surface area contributed by atoms with Crippen LogP contribution in [-0.4, -0.2) is 56.3 Å². The van der Waals surface area contributed by atoms with Gasteiger partial charge in [-0.1, -0.05) is 31.1 Å². The van der Waals surface area contributed by atoms with E-state index in [0.717, 1.165) is 12.8 Å². The number of nitrogens with one attached hydrogen (secondary N) is 1. The highest BCUT2D eigenvalue weighted by molar-refractivity contribution is 5.75. The summed E-state index contributed by atoms with van der Waals surface area (Å²) in [5.74, 6) is -1.34. The second-order valence-corrected chi connectivity index (χ2v) is 10.6. The summed E-state index contributed by atoms with van der Waals surface area (Å²) >= 11 is 0. The Bertz CT molecular complexity index is 1030. The van der Waals surface area contributed by atoms with Crippen LogP contribution in [0.4, 0.5) is 13.6 Å². The van der Waals surface area contributed by atoms with E-state index in [-0.39, 0.29) is 23.6 Å². The maximum absolute atomic E-state index is 15.0. The number of rotatable bonds is 5. The molecule has 11 heteroatoms. The number of piperidine rings is 1. The van der Waals surface area contributed by atoms with Crippen LogP contribution in [0.5, 0.6) is 0 Å². The van der Waals surface area contributed by atoms with E-state index in [1.54, 1.807) is 4.90 Å². The molecule has 2 atom stereocenters. The van der Waals surface area contributed by atoms with Crippen LogP contribution < -0.4 is 5.32 Å². The van der Waals surface area contributed by atoms with Crippen LogP contribution in [0.15, 0.2) is 9.05 Å². The van der Waals surface area contributed by atoms with Crippen molar-refractivity contribution in [3.63, 3.8) is 0 Å². The smallest absolute Gasteiger partial charge is 0.317 e. The minimum Gasteiger partial charge on any atom is -0.339 e. The van der Waals surface area contributed by atoms with Gasteiger partial charge in [-0.2, -0.15) is 9.97 Å². The largest absolute Gasteiger partial charge is 0.339 e. The van der Waals surface area contributed by atoms with Crippen molar-refractivity contribution >= 4 is 6.03 Å². The molecule has 0 bridgehead atoms. The first-order valence-corrected chi connectivity index (χ1v) is 12.3. The van der Waals surface area contributed by atoms with Crippen molar-refractivity contribution in [1.29, 1.82) is 0 Å². The monoisotopic (exact) mass is 478 g/mol. The Kier molecular flexibility index (Phi) is 5.84. The molecular weight excluding hydrogens is 446 g/mol. The Morgan fingerprint density at radius 1 is 1.09 bits per heavy atom. The number of aromatic nitrogens is 4. The molecule has 0 aromatic carbocycles. The molecule has 0 spiro atoms. The summed E-state index contributed by atoms with van der Waals surface area (Å²) in [6, 6.07) is -1.86. The summed E-state index contributed by atoms with van der Waals surface area (Å²) < 4.78 is 40.6. The minimum atomic E-state index is -3.05. The fraction of sp³-hybridized carbons (Fsp3) is 0.783. The number of urea groups is 1. The summed E-state index contributed by atoms with van der Waals surface area (Å²) in [7, 11) is 0. The molecule has 0 radical (unpaired) electrons. The summed E-state index contributed by atoms with van der Waals surface area (Å²) in [4.78, 5) is 23.6. The third kappa shape index (κ3) is 4.40. The van der Waals surface area contributed by atoms with Gasteiger partial charge >= 0.3 is 6.03 Å². The maximum atomic E-state index is 15.0. The number of hydrogen-bond donors (Lipinski definition) is 1. The molecule has 2 aliphatic carbocycles. The fourth-order valence-corrected chi connectivity index (χ4v) is 4.92. The van der Waals surface area contributed by atoms with E-state index >= 15 is 0 Å². The average molecular weight is 479 g/mol. The normalized spacial score (nSPS) is 26.6. The average Bonchev–Trinajstić information content (AvgIpc) is 3.31. The van der Waals surface area contributed by atoms with Gasteiger partial charge < -0.3 is 19.3 Å². The van der Waals surface area contributed by atoms with E-state index in [9.17, 15) is 13.6 Å². The Morgan fingerprint density at radius 3 is 2.47 bits per heavy atom. The minimum absolute atomic E-state index is 0.000568. The van der Waals surface area contributed by atoms with Gasteiger partial charge in [-0.3, -0.25) is 0 Å². The van der Waals surface area contributed by atoms with E-state index in [1.165, 1.54) is 0 Å². The van der Waals surface area contributed by atoms with Gasteiger partial charge in [0, 0.05) is 42.7 Å². The molecule has 2 aromatic heterocycles. The summed E-state index contributed by atoms with van der Waals surface area (Å²) in [5, 5.41) is 10.8. The van der Waals surface area contributed by atoms with Crippen LogP contribution in [0.25, 0.3) is 0 Å². The number of alkyl halides is 2. The molecule has 0 unspecified atom stereocenters. The number of nitrogens with zero attached hydrogens (tertiary/aromatic N) is 5. The number of carbonyl (C=O) groups is 1. The Hall–Kier alpha value is -2.59. The molecule has 2 saturated carbocycles. The topological polar surface area (TPSA) is 110 Å². The van der Waals surface area contributed by atoms with E-state index in [0.29, 0.717) is 62.3 Å². The van der Waals surface area contributed by atoms with Gasteiger partial charge in [0.1, 0.15) is 6.04 Å². The molecule has 3 fully saturated rings. The molecule has 34 heavy (non-hydrogen) atoms. The van der Waals surface area contributed by atoms with Crippen LogP contribution in [-0.2, 0) is 5.41 Å². The summed E-state index contributed by atoms with van der Waals surface area (Å²) in [6.07, 6.45) is 3.97. The van der Waals surface area contributed by atoms with E-state index < -0.39 is 23.9 Å². The van der Waals surface area contributed by atoms with E-state index in [1.807, 2.05) is 13.8 Å². The van der Waals surface area contributed by atoms with Gasteiger partial charge in [-0.25, -0.2) is 13.6 Å². The number of carbonyl (C=O) groups excluding carboxylic acids is 1. The lowest BCUT2D eigenvalue weighted by molar-refractivity contribution is -0.0701. The van der Waals surface area contributed by atoms with Gasteiger partial charge in [0.25, 0.3) is 5.92 Å². The molecule has 2 aromatic rings. The van der Waals surface area contributed by atoms with Gasteiger partial charge in [0.2, 0.25) is 11.8 Å². The fourth-order valence-electron chi connectivity index (χ4n) is 4.92. The highest BCUT2D eigenvalue weighted by Crippen LogP contribution is 2.43. The van der Waals surface area contributed by atoms with Crippen LogP contribution in [0.1, 0.15) is 107 Å². The third-order valence-electron chi connectivity index (χ3n) is 7.51. The van der Waals surface area contributed by atoms with Crippen molar-refractivity contribution in [2.75, 3.05) is 13.1 Å².